The maximum absolute atomic E-state index is 10.6. The van der Waals surface area contributed by atoms with Crippen LogP contribution in [0.25, 0.3) is 0 Å². The van der Waals surface area contributed by atoms with Crippen LogP contribution in [0, 0.1) is 6.92 Å². The minimum absolute atomic E-state index is 0.359. The third-order valence-corrected chi connectivity index (χ3v) is 3.35. The first-order valence-electron chi connectivity index (χ1n) is 3.80. The predicted molar refractivity (Wildman–Crippen MR) is 59.2 cm³/mol. The Hall–Kier alpha value is -0.390. The van der Waals surface area contributed by atoms with E-state index in [2.05, 4.69) is 31.9 Å². The zero-order valence-corrected chi connectivity index (χ0v) is 10.5. The second-order valence-electron chi connectivity index (χ2n) is 2.86. The first-order valence-corrected chi connectivity index (χ1v) is 5.38. The van der Waals surface area contributed by atoms with Gasteiger partial charge in [0.05, 0.1) is 0 Å². The van der Waals surface area contributed by atoms with E-state index in [0.29, 0.717) is 10.0 Å². The fourth-order valence-electron chi connectivity index (χ4n) is 1.02. The molecule has 0 radical (unpaired) electrons. The molecule has 76 valence electrons. The highest BCUT2D eigenvalue weighted by Gasteiger charge is 2.19. The topological polar surface area (TPSA) is 57.5 Å². The number of aliphatic hydroxyl groups is 1. The van der Waals surface area contributed by atoms with Crippen LogP contribution in [0.3, 0.4) is 0 Å². The molecule has 14 heavy (non-hydrogen) atoms. The van der Waals surface area contributed by atoms with Gasteiger partial charge in [0.1, 0.15) is 0 Å². The SMILES string of the molecule is Cc1cc(C(O)C(=O)O)c(Br)cc1Br. The van der Waals surface area contributed by atoms with Gasteiger partial charge in [0, 0.05) is 14.5 Å². The van der Waals surface area contributed by atoms with E-state index in [1.807, 2.05) is 6.92 Å². The second-order valence-corrected chi connectivity index (χ2v) is 4.57. The molecule has 3 nitrogen and oxygen atoms in total. The molecular weight excluding hydrogens is 316 g/mol. The molecule has 1 aromatic rings. The average molecular weight is 324 g/mol. The standard InChI is InChI=1S/C9H8Br2O3/c1-4-2-5(8(12)9(13)14)7(11)3-6(4)10/h2-3,8,12H,1H3,(H,13,14). The van der Waals surface area contributed by atoms with Crippen molar-refractivity contribution in [1.29, 1.82) is 0 Å². The van der Waals surface area contributed by atoms with E-state index in [-0.39, 0.29) is 0 Å². The van der Waals surface area contributed by atoms with Crippen LogP contribution in [-0.2, 0) is 4.79 Å². The Bertz CT molecular complexity index is 377. The maximum Gasteiger partial charge on any atom is 0.337 e. The Morgan fingerprint density at radius 2 is 1.93 bits per heavy atom. The highest BCUT2D eigenvalue weighted by atomic mass is 79.9. The molecule has 0 fully saturated rings. The Morgan fingerprint density at radius 1 is 1.36 bits per heavy atom. The normalized spacial score (nSPS) is 12.6. The van der Waals surface area contributed by atoms with E-state index in [1.165, 1.54) is 0 Å². The molecule has 0 aliphatic heterocycles. The number of hydrogen-bond donors (Lipinski definition) is 2. The summed E-state index contributed by atoms with van der Waals surface area (Å²) in [5.41, 5.74) is 1.24. The van der Waals surface area contributed by atoms with Gasteiger partial charge >= 0.3 is 5.97 Å². The summed E-state index contributed by atoms with van der Waals surface area (Å²) in [5.74, 6) is -1.26. The van der Waals surface area contributed by atoms with Crippen molar-refractivity contribution in [2.24, 2.45) is 0 Å². The van der Waals surface area contributed by atoms with Crippen LogP contribution in [-0.4, -0.2) is 16.2 Å². The first kappa shape index (κ1) is 11.7. The van der Waals surface area contributed by atoms with Crippen molar-refractivity contribution < 1.29 is 15.0 Å². The van der Waals surface area contributed by atoms with Gasteiger partial charge in [-0.05, 0) is 18.6 Å². The fraction of sp³-hybridized carbons (Fsp3) is 0.222. The molecule has 0 bridgehead atoms. The summed E-state index contributed by atoms with van der Waals surface area (Å²) in [6.07, 6.45) is -1.49. The van der Waals surface area contributed by atoms with Gasteiger partial charge in [-0.1, -0.05) is 37.9 Å². The zero-order valence-electron chi connectivity index (χ0n) is 7.29. The molecule has 1 rings (SSSR count). The molecule has 0 aromatic heterocycles. The van der Waals surface area contributed by atoms with Crippen molar-refractivity contribution in [2.75, 3.05) is 0 Å². The predicted octanol–water partition coefficient (Wildman–Crippen LogP) is 2.64. The van der Waals surface area contributed by atoms with Crippen molar-refractivity contribution in [1.82, 2.24) is 0 Å². The summed E-state index contributed by atoms with van der Waals surface area (Å²) < 4.78 is 1.44. The number of halogens is 2. The summed E-state index contributed by atoms with van der Waals surface area (Å²) >= 11 is 6.50. The van der Waals surface area contributed by atoms with Crippen molar-refractivity contribution in [3.63, 3.8) is 0 Å². The highest BCUT2D eigenvalue weighted by Crippen LogP contribution is 2.29. The number of carboxylic acid groups (broad SMARTS) is 1. The number of hydrogen-bond acceptors (Lipinski definition) is 2. The lowest BCUT2D eigenvalue weighted by Crippen LogP contribution is -2.11. The van der Waals surface area contributed by atoms with Crippen molar-refractivity contribution in [3.05, 3.63) is 32.2 Å². The summed E-state index contributed by atoms with van der Waals surface area (Å²) in [6.45, 7) is 1.83. The quantitative estimate of drug-likeness (QED) is 0.879. The molecule has 2 N–H and O–H groups in total. The minimum Gasteiger partial charge on any atom is -0.479 e. The lowest BCUT2D eigenvalue weighted by atomic mass is 10.1. The number of carboxylic acids is 1. The Kier molecular flexibility index (Phi) is 3.69. The van der Waals surface area contributed by atoms with Gasteiger partial charge in [-0.2, -0.15) is 0 Å². The molecule has 0 saturated heterocycles. The van der Waals surface area contributed by atoms with Crippen molar-refractivity contribution >= 4 is 37.8 Å². The largest absolute Gasteiger partial charge is 0.479 e. The Labute approximate surface area is 98.0 Å². The molecule has 5 heteroatoms. The number of benzene rings is 1. The van der Waals surface area contributed by atoms with Gasteiger partial charge in [0.15, 0.2) is 6.10 Å². The minimum atomic E-state index is -1.49. The molecule has 0 spiro atoms. The van der Waals surface area contributed by atoms with Crippen LogP contribution in [0.2, 0.25) is 0 Å². The number of carbonyl (C=O) groups is 1. The molecule has 1 unspecified atom stereocenters. The van der Waals surface area contributed by atoms with E-state index < -0.39 is 12.1 Å². The van der Waals surface area contributed by atoms with Gasteiger partial charge in [-0.25, -0.2) is 4.79 Å². The van der Waals surface area contributed by atoms with Crippen LogP contribution < -0.4 is 0 Å². The summed E-state index contributed by atoms with van der Waals surface area (Å²) in [7, 11) is 0. The second kappa shape index (κ2) is 4.42. The lowest BCUT2D eigenvalue weighted by Gasteiger charge is -2.10. The van der Waals surface area contributed by atoms with Crippen LogP contribution >= 0.6 is 31.9 Å². The number of aryl methyl sites for hydroxylation is 1. The molecule has 0 heterocycles. The molecule has 1 atom stereocenters. The van der Waals surface area contributed by atoms with Crippen LogP contribution in [0.4, 0.5) is 0 Å². The van der Waals surface area contributed by atoms with E-state index >= 15 is 0 Å². The van der Waals surface area contributed by atoms with Crippen molar-refractivity contribution in [2.45, 2.75) is 13.0 Å². The average Bonchev–Trinajstić information content (AvgIpc) is 2.10. The van der Waals surface area contributed by atoms with Gasteiger partial charge in [0.25, 0.3) is 0 Å². The Balaban J connectivity index is 3.22. The monoisotopic (exact) mass is 322 g/mol. The summed E-state index contributed by atoms with van der Waals surface area (Å²) in [5, 5.41) is 18.0. The van der Waals surface area contributed by atoms with E-state index in [1.54, 1.807) is 12.1 Å². The van der Waals surface area contributed by atoms with Crippen LogP contribution in [0.1, 0.15) is 17.2 Å². The van der Waals surface area contributed by atoms with E-state index in [9.17, 15) is 9.90 Å². The van der Waals surface area contributed by atoms with E-state index in [0.717, 1.165) is 10.0 Å². The third kappa shape index (κ3) is 2.34. The van der Waals surface area contributed by atoms with Crippen LogP contribution in [0.15, 0.2) is 21.1 Å². The Morgan fingerprint density at radius 3 is 2.43 bits per heavy atom. The van der Waals surface area contributed by atoms with Gasteiger partial charge < -0.3 is 10.2 Å². The van der Waals surface area contributed by atoms with Gasteiger partial charge in [-0.3, -0.25) is 0 Å². The van der Waals surface area contributed by atoms with Crippen molar-refractivity contribution in [3.8, 4) is 0 Å². The first-order chi connectivity index (χ1) is 6.43. The fourth-order valence-corrected chi connectivity index (χ4v) is 2.23. The number of aliphatic hydroxyl groups excluding tert-OH is 1. The third-order valence-electron chi connectivity index (χ3n) is 1.81. The molecule has 0 saturated carbocycles. The zero-order chi connectivity index (χ0) is 10.9. The van der Waals surface area contributed by atoms with Gasteiger partial charge in [-0.15, -0.1) is 0 Å². The summed E-state index contributed by atoms with van der Waals surface area (Å²) in [4.78, 5) is 10.6. The molecular formula is C9H8Br2O3. The molecule has 0 amide bonds. The maximum atomic E-state index is 10.6. The molecule has 0 aliphatic carbocycles. The number of aliphatic carboxylic acids is 1. The van der Waals surface area contributed by atoms with Gasteiger partial charge in [0.2, 0.25) is 0 Å². The molecule has 1 aromatic carbocycles. The highest BCUT2D eigenvalue weighted by molar-refractivity contribution is 9.11. The van der Waals surface area contributed by atoms with E-state index in [4.69, 9.17) is 5.11 Å². The number of rotatable bonds is 2. The smallest absolute Gasteiger partial charge is 0.337 e. The molecule has 0 aliphatic rings. The lowest BCUT2D eigenvalue weighted by molar-refractivity contribution is -0.147. The van der Waals surface area contributed by atoms with Crippen LogP contribution in [0.5, 0.6) is 0 Å². The summed E-state index contributed by atoms with van der Waals surface area (Å²) in [6, 6.07) is 3.35.